The molecule has 0 aromatic heterocycles. The second-order valence-corrected chi connectivity index (χ2v) is 6.93. The molecule has 24 heavy (non-hydrogen) atoms. The molecule has 1 aromatic carbocycles. The SMILES string of the molecule is CC(CN)C(=O)N1CCC(C2C(=O)Nc3cc(Cl)ccc32)CC1.Cl. The lowest BCUT2D eigenvalue weighted by Crippen LogP contribution is -2.44. The highest BCUT2D eigenvalue weighted by molar-refractivity contribution is 6.31. The van der Waals surface area contributed by atoms with Gasteiger partial charge in [0.1, 0.15) is 0 Å². The van der Waals surface area contributed by atoms with E-state index in [1.165, 1.54) is 0 Å². The normalized spacial score (nSPS) is 21.7. The van der Waals surface area contributed by atoms with Crippen LogP contribution in [-0.2, 0) is 9.59 Å². The summed E-state index contributed by atoms with van der Waals surface area (Å²) in [6.07, 6.45) is 1.67. The molecule has 2 aliphatic heterocycles. The Morgan fingerprint density at radius 1 is 1.42 bits per heavy atom. The van der Waals surface area contributed by atoms with Crippen LogP contribution in [0.3, 0.4) is 0 Å². The number of piperidine rings is 1. The molecular formula is C17H23Cl2N3O2. The van der Waals surface area contributed by atoms with Gasteiger partial charge in [-0.15, -0.1) is 12.4 Å². The Labute approximate surface area is 153 Å². The Kier molecular flexibility index (Phi) is 6.12. The summed E-state index contributed by atoms with van der Waals surface area (Å²) in [6, 6.07) is 5.57. The molecule has 2 unspecified atom stereocenters. The molecular weight excluding hydrogens is 349 g/mol. The van der Waals surface area contributed by atoms with Gasteiger partial charge in [0.15, 0.2) is 0 Å². The Hall–Kier alpha value is -1.30. The van der Waals surface area contributed by atoms with Gasteiger partial charge in [-0.25, -0.2) is 0 Å². The van der Waals surface area contributed by atoms with Crippen molar-refractivity contribution in [3.05, 3.63) is 28.8 Å². The highest BCUT2D eigenvalue weighted by Gasteiger charge is 2.39. The molecule has 1 saturated heterocycles. The minimum Gasteiger partial charge on any atom is -0.342 e. The number of nitrogens with zero attached hydrogens (tertiary/aromatic N) is 1. The summed E-state index contributed by atoms with van der Waals surface area (Å²) in [6.45, 7) is 3.62. The minimum absolute atomic E-state index is 0. The van der Waals surface area contributed by atoms with Crippen molar-refractivity contribution < 1.29 is 9.59 Å². The number of anilines is 1. The fraction of sp³-hybridized carbons (Fsp3) is 0.529. The molecule has 1 aromatic rings. The standard InChI is InChI=1S/C17H22ClN3O2.ClH/c1-10(9-19)17(23)21-6-4-11(5-7-21)15-13-3-2-12(18)8-14(13)20-16(15)22;/h2-3,8,10-11,15H,4-7,9,19H2,1H3,(H,20,22);1H. The van der Waals surface area contributed by atoms with Crippen molar-refractivity contribution in [1.82, 2.24) is 4.90 Å². The first-order chi connectivity index (χ1) is 11.0. The molecule has 132 valence electrons. The number of benzene rings is 1. The monoisotopic (exact) mass is 371 g/mol. The molecule has 1 fully saturated rings. The summed E-state index contributed by atoms with van der Waals surface area (Å²) in [4.78, 5) is 26.4. The molecule has 0 bridgehead atoms. The topological polar surface area (TPSA) is 75.4 Å². The molecule has 0 radical (unpaired) electrons. The van der Waals surface area contributed by atoms with E-state index in [1.807, 2.05) is 24.0 Å². The number of halogens is 2. The van der Waals surface area contributed by atoms with Gasteiger partial charge < -0.3 is 16.0 Å². The van der Waals surface area contributed by atoms with E-state index in [2.05, 4.69) is 5.32 Å². The maximum absolute atomic E-state index is 12.4. The van der Waals surface area contributed by atoms with Crippen LogP contribution in [0.4, 0.5) is 5.69 Å². The third kappa shape index (κ3) is 3.53. The van der Waals surface area contributed by atoms with Crippen LogP contribution in [0.1, 0.15) is 31.2 Å². The average molecular weight is 372 g/mol. The van der Waals surface area contributed by atoms with E-state index in [0.717, 1.165) is 24.1 Å². The maximum Gasteiger partial charge on any atom is 0.232 e. The van der Waals surface area contributed by atoms with Gasteiger partial charge in [-0.2, -0.15) is 0 Å². The zero-order valence-corrected chi connectivity index (χ0v) is 15.2. The van der Waals surface area contributed by atoms with Crippen LogP contribution in [0.5, 0.6) is 0 Å². The Balaban J connectivity index is 0.00000208. The van der Waals surface area contributed by atoms with Crippen molar-refractivity contribution in [1.29, 1.82) is 0 Å². The molecule has 3 N–H and O–H groups in total. The van der Waals surface area contributed by atoms with Crippen molar-refractivity contribution in [2.24, 2.45) is 17.6 Å². The largest absolute Gasteiger partial charge is 0.342 e. The Morgan fingerprint density at radius 2 is 2.08 bits per heavy atom. The van der Waals surface area contributed by atoms with Crippen LogP contribution >= 0.6 is 24.0 Å². The zero-order valence-electron chi connectivity index (χ0n) is 13.6. The van der Waals surface area contributed by atoms with E-state index >= 15 is 0 Å². The van der Waals surface area contributed by atoms with Gasteiger partial charge >= 0.3 is 0 Å². The third-order valence-electron chi connectivity index (χ3n) is 4.99. The zero-order chi connectivity index (χ0) is 16.6. The van der Waals surface area contributed by atoms with Crippen LogP contribution in [0, 0.1) is 11.8 Å². The predicted octanol–water partition coefficient (Wildman–Crippen LogP) is 2.63. The first kappa shape index (κ1) is 19.0. The second-order valence-electron chi connectivity index (χ2n) is 6.50. The molecule has 0 aliphatic carbocycles. The summed E-state index contributed by atoms with van der Waals surface area (Å²) in [5, 5.41) is 3.55. The number of hydrogen-bond acceptors (Lipinski definition) is 3. The lowest BCUT2D eigenvalue weighted by molar-refractivity contribution is -0.136. The van der Waals surface area contributed by atoms with Gasteiger partial charge in [0.05, 0.1) is 5.92 Å². The van der Waals surface area contributed by atoms with Gasteiger partial charge in [0.2, 0.25) is 11.8 Å². The molecule has 0 spiro atoms. The number of hydrogen-bond donors (Lipinski definition) is 2. The first-order valence-electron chi connectivity index (χ1n) is 8.10. The number of fused-ring (bicyclic) bond motifs is 1. The second kappa shape index (κ2) is 7.72. The van der Waals surface area contributed by atoms with E-state index in [9.17, 15) is 9.59 Å². The van der Waals surface area contributed by atoms with E-state index in [0.29, 0.717) is 24.7 Å². The van der Waals surface area contributed by atoms with Gasteiger partial charge in [-0.3, -0.25) is 9.59 Å². The van der Waals surface area contributed by atoms with Gasteiger partial charge in [0.25, 0.3) is 0 Å². The van der Waals surface area contributed by atoms with Crippen molar-refractivity contribution in [3.63, 3.8) is 0 Å². The van der Waals surface area contributed by atoms with Crippen LogP contribution in [0.2, 0.25) is 5.02 Å². The number of likely N-dealkylation sites (tertiary alicyclic amines) is 1. The number of amides is 2. The smallest absolute Gasteiger partial charge is 0.232 e. The summed E-state index contributed by atoms with van der Waals surface area (Å²) in [7, 11) is 0. The Bertz CT molecular complexity index is 630. The number of carbonyl (C=O) groups excluding carboxylic acids is 2. The van der Waals surface area contributed by atoms with E-state index in [4.69, 9.17) is 17.3 Å². The number of carbonyl (C=O) groups is 2. The number of nitrogens with two attached hydrogens (primary N) is 1. The number of nitrogens with one attached hydrogen (secondary N) is 1. The van der Waals surface area contributed by atoms with Gasteiger partial charge in [-0.1, -0.05) is 24.6 Å². The van der Waals surface area contributed by atoms with E-state index in [1.54, 1.807) is 6.07 Å². The summed E-state index contributed by atoms with van der Waals surface area (Å²) < 4.78 is 0. The highest BCUT2D eigenvalue weighted by atomic mass is 35.5. The van der Waals surface area contributed by atoms with Crippen molar-refractivity contribution in [3.8, 4) is 0 Å². The molecule has 0 saturated carbocycles. The quantitative estimate of drug-likeness (QED) is 0.857. The fourth-order valence-electron chi connectivity index (χ4n) is 3.59. The molecule has 3 rings (SSSR count). The summed E-state index contributed by atoms with van der Waals surface area (Å²) >= 11 is 6.00. The van der Waals surface area contributed by atoms with Crippen molar-refractivity contribution in [2.45, 2.75) is 25.7 Å². The molecule has 2 amide bonds. The maximum atomic E-state index is 12.4. The lowest BCUT2D eigenvalue weighted by Gasteiger charge is -2.35. The van der Waals surface area contributed by atoms with Crippen LogP contribution < -0.4 is 11.1 Å². The van der Waals surface area contributed by atoms with Crippen molar-refractivity contribution in [2.75, 3.05) is 25.0 Å². The third-order valence-corrected chi connectivity index (χ3v) is 5.22. The molecule has 5 nitrogen and oxygen atoms in total. The average Bonchev–Trinajstić information content (AvgIpc) is 2.88. The van der Waals surface area contributed by atoms with E-state index < -0.39 is 0 Å². The highest BCUT2D eigenvalue weighted by Crippen LogP contribution is 2.42. The van der Waals surface area contributed by atoms with Crippen LogP contribution in [0.25, 0.3) is 0 Å². The summed E-state index contributed by atoms with van der Waals surface area (Å²) in [5.74, 6) is 0.154. The van der Waals surface area contributed by atoms with E-state index in [-0.39, 0.29) is 42.0 Å². The van der Waals surface area contributed by atoms with Gasteiger partial charge in [0, 0.05) is 36.3 Å². The minimum atomic E-state index is -0.135. The first-order valence-corrected chi connectivity index (χ1v) is 8.48. The fourth-order valence-corrected chi connectivity index (χ4v) is 3.77. The lowest BCUT2D eigenvalue weighted by atomic mass is 9.80. The van der Waals surface area contributed by atoms with Crippen LogP contribution in [0.15, 0.2) is 18.2 Å². The molecule has 2 heterocycles. The van der Waals surface area contributed by atoms with Crippen LogP contribution in [-0.4, -0.2) is 36.3 Å². The summed E-state index contributed by atoms with van der Waals surface area (Å²) in [5.41, 5.74) is 7.43. The van der Waals surface area contributed by atoms with Gasteiger partial charge in [-0.05, 0) is 36.5 Å². The molecule has 2 atom stereocenters. The number of rotatable bonds is 3. The molecule has 7 heteroatoms. The van der Waals surface area contributed by atoms with Crippen molar-refractivity contribution >= 4 is 41.5 Å². The molecule has 2 aliphatic rings. The Morgan fingerprint density at radius 3 is 2.71 bits per heavy atom. The predicted molar refractivity (Wildman–Crippen MR) is 97.6 cm³/mol.